The van der Waals surface area contributed by atoms with Crippen LogP contribution in [-0.2, 0) is 28.6 Å². The topological polar surface area (TPSA) is 120 Å². The average molecular weight is 473 g/mol. The number of morpholine rings is 1. The third-order valence-corrected chi connectivity index (χ3v) is 5.19. The van der Waals surface area contributed by atoms with Gasteiger partial charge in [-0.25, -0.2) is 4.79 Å². The molecule has 1 aliphatic rings. The zero-order chi connectivity index (χ0) is 23.9. The van der Waals surface area contributed by atoms with Crippen molar-refractivity contribution in [3.8, 4) is 5.88 Å². The summed E-state index contributed by atoms with van der Waals surface area (Å²) in [5, 5.41) is 0. The number of nitrogens with zero attached hydrogens (tertiary/aromatic N) is 4. The molecule has 0 radical (unpaired) electrons. The van der Waals surface area contributed by atoms with Crippen LogP contribution in [0.25, 0.3) is 0 Å². The minimum absolute atomic E-state index is 0.0544. The van der Waals surface area contributed by atoms with Crippen molar-refractivity contribution in [1.29, 1.82) is 0 Å². The van der Waals surface area contributed by atoms with Gasteiger partial charge in [0.1, 0.15) is 6.61 Å². The van der Waals surface area contributed by atoms with Crippen molar-refractivity contribution in [3.63, 3.8) is 0 Å². The summed E-state index contributed by atoms with van der Waals surface area (Å²) in [5.74, 6) is -0.551. The normalized spacial score (nSPS) is 16.1. The average Bonchev–Trinajstić information content (AvgIpc) is 3.17. The van der Waals surface area contributed by atoms with Gasteiger partial charge >= 0.3 is 11.9 Å². The molecule has 180 valence electrons. The maximum atomic E-state index is 12.5. The van der Waals surface area contributed by atoms with Crippen LogP contribution in [0.5, 0.6) is 5.88 Å². The van der Waals surface area contributed by atoms with Crippen LogP contribution in [0.15, 0.2) is 0 Å². The zero-order valence-corrected chi connectivity index (χ0v) is 20.3. The summed E-state index contributed by atoms with van der Waals surface area (Å²) in [6, 6.07) is 0. The summed E-state index contributed by atoms with van der Waals surface area (Å²) in [6.07, 6.45) is -1.90. The number of carbonyl (C=O) groups is 3. The first-order valence-electron chi connectivity index (χ1n) is 10.4. The van der Waals surface area contributed by atoms with Gasteiger partial charge in [0.25, 0.3) is 5.88 Å². The number of esters is 2. The van der Waals surface area contributed by atoms with Gasteiger partial charge in [-0.3, -0.25) is 9.59 Å². The van der Waals surface area contributed by atoms with Gasteiger partial charge in [0.05, 0.1) is 31.5 Å². The number of hydrogen-bond donors (Lipinski definition) is 0. The zero-order valence-electron chi connectivity index (χ0n) is 19.5. The summed E-state index contributed by atoms with van der Waals surface area (Å²) >= 11 is 1.02. The van der Waals surface area contributed by atoms with E-state index in [4.69, 9.17) is 18.9 Å². The number of rotatable bonds is 9. The fraction of sp³-hybridized carbons (Fsp3) is 0.750. The quantitative estimate of drug-likeness (QED) is 0.486. The molecule has 0 aromatic carbocycles. The standard InChI is InChI=1S/C20H32N4O7S/c1-13(30-15(3)26)19(27)31-16(11-24(14(2)25)20(4,5)6)12-29-18-17(21-32-22-18)23-7-9-28-10-8-23/h13,16H,7-12H2,1-6H3/t13?,16-/m0/s1. The SMILES string of the molecule is CC(=O)OC(C)C(=O)O[C@H](COc1nsnc1N1CCOCC1)CN(C(C)=O)C(C)(C)C. The molecular weight excluding hydrogens is 440 g/mol. The molecule has 0 bridgehead atoms. The Balaban J connectivity index is 2.13. The molecule has 2 heterocycles. The van der Waals surface area contributed by atoms with E-state index in [1.54, 1.807) is 4.90 Å². The second-order valence-corrected chi connectivity index (χ2v) is 8.94. The van der Waals surface area contributed by atoms with Gasteiger partial charge in [-0.15, -0.1) is 4.37 Å². The van der Waals surface area contributed by atoms with Crippen molar-refractivity contribution in [2.45, 2.75) is 59.3 Å². The van der Waals surface area contributed by atoms with Crippen molar-refractivity contribution >= 4 is 35.4 Å². The lowest BCUT2D eigenvalue weighted by Crippen LogP contribution is -2.50. The number of ether oxygens (including phenoxy) is 4. The molecule has 11 nitrogen and oxygen atoms in total. The fourth-order valence-corrected chi connectivity index (χ4v) is 3.69. The van der Waals surface area contributed by atoms with Gasteiger partial charge in [0.2, 0.25) is 11.7 Å². The maximum absolute atomic E-state index is 12.5. The van der Waals surface area contributed by atoms with Gasteiger partial charge in [-0.1, -0.05) is 0 Å². The molecule has 2 rings (SSSR count). The Morgan fingerprint density at radius 3 is 2.38 bits per heavy atom. The summed E-state index contributed by atoms with van der Waals surface area (Å²) in [6.45, 7) is 12.3. The summed E-state index contributed by atoms with van der Waals surface area (Å²) in [4.78, 5) is 39.5. The Hall–Kier alpha value is -2.47. The molecule has 0 N–H and O–H groups in total. The van der Waals surface area contributed by atoms with Crippen molar-refractivity contribution < 1.29 is 33.3 Å². The number of aromatic nitrogens is 2. The van der Waals surface area contributed by atoms with Crippen LogP contribution in [0, 0.1) is 0 Å². The summed E-state index contributed by atoms with van der Waals surface area (Å²) < 4.78 is 30.2. The Morgan fingerprint density at radius 1 is 1.16 bits per heavy atom. The minimum Gasteiger partial charge on any atom is -0.470 e. The van der Waals surface area contributed by atoms with E-state index in [-0.39, 0.29) is 19.1 Å². The fourth-order valence-electron chi connectivity index (χ4n) is 3.17. The molecule has 1 aromatic rings. The van der Waals surface area contributed by atoms with E-state index < -0.39 is 29.7 Å². The Bertz CT molecular complexity index is 789. The molecule has 0 saturated carbocycles. The highest BCUT2D eigenvalue weighted by Crippen LogP contribution is 2.27. The number of carbonyl (C=O) groups excluding carboxylic acids is 3. The van der Waals surface area contributed by atoms with Crippen molar-refractivity contribution in [1.82, 2.24) is 13.6 Å². The molecule has 1 fully saturated rings. The van der Waals surface area contributed by atoms with E-state index in [2.05, 4.69) is 8.75 Å². The molecular formula is C20H32N4O7S. The Labute approximate surface area is 192 Å². The van der Waals surface area contributed by atoms with E-state index in [1.165, 1.54) is 20.8 Å². The molecule has 2 atom stereocenters. The first-order chi connectivity index (χ1) is 15.0. The van der Waals surface area contributed by atoms with E-state index >= 15 is 0 Å². The van der Waals surface area contributed by atoms with Crippen LogP contribution in [0.1, 0.15) is 41.5 Å². The highest BCUT2D eigenvalue weighted by molar-refractivity contribution is 6.99. The third kappa shape index (κ3) is 7.59. The van der Waals surface area contributed by atoms with Crippen molar-refractivity contribution in [2.75, 3.05) is 44.4 Å². The summed E-state index contributed by atoms with van der Waals surface area (Å²) in [5.41, 5.74) is -0.501. The molecule has 12 heteroatoms. The predicted octanol–water partition coefficient (Wildman–Crippen LogP) is 1.26. The number of amides is 1. The second kappa shape index (κ2) is 11.4. The maximum Gasteiger partial charge on any atom is 0.347 e. The molecule has 1 unspecified atom stereocenters. The Kier molecular flexibility index (Phi) is 9.20. The molecule has 32 heavy (non-hydrogen) atoms. The first-order valence-corrected chi connectivity index (χ1v) is 11.2. The van der Waals surface area contributed by atoms with Crippen molar-refractivity contribution in [2.24, 2.45) is 0 Å². The van der Waals surface area contributed by atoms with Gasteiger partial charge in [0.15, 0.2) is 12.2 Å². The molecule has 1 aromatic heterocycles. The van der Waals surface area contributed by atoms with Gasteiger partial charge in [0, 0.05) is 32.5 Å². The van der Waals surface area contributed by atoms with Crippen LogP contribution >= 0.6 is 11.7 Å². The van der Waals surface area contributed by atoms with Crippen LogP contribution < -0.4 is 9.64 Å². The highest BCUT2D eigenvalue weighted by atomic mass is 32.1. The van der Waals surface area contributed by atoms with E-state index in [9.17, 15) is 14.4 Å². The van der Waals surface area contributed by atoms with Gasteiger partial charge in [-0.2, -0.15) is 4.37 Å². The van der Waals surface area contributed by atoms with Crippen LogP contribution in [-0.4, -0.2) is 88.7 Å². The third-order valence-electron chi connectivity index (χ3n) is 4.69. The minimum atomic E-state index is -1.08. The predicted molar refractivity (Wildman–Crippen MR) is 117 cm³/mol. The van der Waals surface area contributed by atoms with Crippen LogP contribution in [0.4, 0.5) is 5.82 Å². The monoisotopic (exact) mass is 472 g/mol. The van der Waals surface area contributed by atoms with Crippen LogP contribution in [0.2, 0.25) is 0 Å². The highest BCUT2D eigenvalue weighted by Gasteiger charge is 2.31. The molecule has 0 spiro atoms. The number of anilines is 1. The lowest BCUT2D eigenvalue weighted by atomic mass is 10.1. The van der Waals surface area contributed by atoms with Crippen LogP contribution in [0.3, 0.4) is 0 Å². The number of hydrogen-bond acceptors (Lipinski definition) is 11. The largest absolute Gasteiger partial charge is 0.470 e. The smallest absolute Gasteiger partial charge is 0.347 e. The lowest BCUT2D eigenvalue weighted by Gasteiger charge is -2.37. The lowest BCUT2D eigenvalue weighted by molar-refractivity contribution is -0.172. The van der Waals surface area contributed by atoms with Crippen molar-refractivity contribution in [3.05, 3.63) is 0 Å². The van der Waals surface area contributed by atoms with Gasteiger partial charge < -0.3 is 28.7 Å². The molecule has 0 aliphatic carbocycles. The molecule has 1 amide bonds. The second-order valence-electron chi connectivity index (χ2n) is 8.41. The van der Waals surface area contributed by atoms with E-state index in [0.29, 0.717) is 38.0 Å². The van der Waals surface area contributed by atoms with E-state index in [1.807, 2.05) is 25.7 Å². The molecule has 1 saturated heterocycles. The first kappa shape index (κ1) is 25.8. The molecule has 1 aliphatic heterocycles. The van der Waals surface area contributed by atoms with Gasteiger partial charge in [-0.05, 0) is 27.7 Å². The Morgan fingerprint density at radius 2 is 1.81 bits per heavy atom. The van der Waals surface area contributed by atoms with E-state index in [0.717, 1.165) is 11.7 Å². The summed E-state index contributed by atoms with van der Waals surface area (Å²) in [7, 11) is 0.